The molecule has 2 N–H and O–H groups in total. The third kappa shape index (κ3) is 4.57. The van der Waals surface area contributed by atoms with Gasteiger partial charge in [0.05, 0.1) is 11.3 Å². The first kappa shape index (κ1) is 18.0. The Morgan fingerprint density at radius 1 is 1.17 bits per heavy atom. The second-order valence-electron chi connectivity index (χ2n) is 7.49. The molecule has 0 fully saturated rings. The lowest BCUT2D eigenvalue weighted by Gasteiger charge is -2.22. The quantitative estimate of drug-likeness (QED) is 0.834. The predicted octanol–water partition coefficient (Wildman–Crippen LogP) is 4.98. The molecule has 1 aromatic heterocycles. The number of aryl methyl sites for hydroxylation is 1. The lowest BCUT2D eigenvalue weighted by atomic mass is 9.98. The van der Waals surface area contributed by atoms with E-state index in [0.29, 0.717) is 11.5 Å². The zero-order valence-electron chi connectivity index (χ0n) is 15.4. The molecule has 2 aromatic rings. The number of nitrogens with zero attached hydrogens (tertiary/aromatic N) is 1. The number of nitrogens with one attached hydrogen (secondary N) is 2. The number of carbonyl (C=O) groups excluding carboxylic acids is 1. The molecule has 0 saturated carbocycles. The van der Waals surface area contributed by atoms with Crippen LogP contribution < -0.4 is 10.6 Å². The van der Waals surface area contributed by atoms with E-state index in [1.165, 1.54) is 0 Å². The van der Waals surface area contributed by atoms with Crippen LogP contribution in [0.1, 0.15) is 62.0 Å². The molecule has 2 rings (SSSR count). The molecule has 0 radical (unpaired) electrons. The summed E-state index contributed by atoms with van der Waals surface area (Å²) >= 11 is 0. The first-order chi connectivity index (χ1) is 11.2. The molecule has 1 heterocycles. The molecule has 0 unspecified atom stereocenters. The molecule has 1 aromatic carbocycles. The minimum absolute atomic E-state index is 0.0857. The summed E-state index contributed by atoms with van der Waals surface area (Å²) in [5.74, 6) is 0.198. The second kappa shape index (κ2) is 7.04. The van der Waals surface area contributed by atoms with Crippen LogP contribution in [0.5, 0.6) is 0 Å². The van der Waals surface area contributed by atoms with Crippen LogP contribution in [0.2, 0.25) is 0 Å². The van der Waals surface area contributed by atoms with Gasteiger partial charge < -0.3 is 10.6 Å². The van der Waals surface area contributed by atoms with E-state index in [-0.39, 0.29) is 11.4 Å². The molecule has 0 aliphatic rings. The van der Waals surface area contributed by atoms with Gasteiger partial charge in [-0.3, -0.25) is 9.78 Å². The van der Waals surface area contributed by atoms with Gasteiger partial charge in [0.2, 0.25) is 0 Å². The smallest absolute Gasteiger partial charge is 0.257 e. The minimum Gasteiger partial charge on any atom is -0.379 e. The number of para-hydroxylation sites is 1. The Bertz CT molecular complexity index is 730. The number of amides is 1. The third-order valence-corrected chi connectivity index (χ3v) is 3.69. The zero-order chi connectivity index (χ0) is 17.9. The van der Waals surface area contributed by atoms with Crippen LogP contribution >= 0.6 is 0 Å². The average molecular weight is 325 g/mol. The van der Waals surface area contributed by atoms with Gasteiger partial charge in [-0.15, -0.1) is 0 Å². The van der Waals surface area contributed by atoms with Gasteiger partial charge in [-0.05, 0) is 50.8 Å². The fourth-order valence-corrected chi connectivity index (χ4v) is 2.59. The molecular weight excluding hydrogens is 298 g/mol. The number of anilines is 2. The molecule has 4 heteroatoms. The average Bonchev–Trinajstić information content (AvgIpc) is 2.47. The van der Waals surface area contributed by atoms with Crippen LogP contribution in [-0.4, -0.2) is 16.4 Å². The van der Waals surface area contributed by atoms with Gasteiger partial charge in [0.25, 0.3) is 5.91 Å². The van der Waals surface area contributed by atoms with Crippen molar-refractivity contribution < 1.29 is 4.79 Å². The summed E-state index contributed by atoms with van der Waals surface area (Å²) in [7, 11) is 0. The number of aromatic nitrogens is 1. The summed E-state index contributed by atoms with van der Waals surface area (Å²) in [6.45, 7) is 12.5. The lowest BCUT2D eigenvalue weighted by molar-refractivity contribution is 0.102. The van der Waals surface area contributed by atoms with E-state index in [1.54, 1.807) is 12.4 Å². The molecular formula is C20H27N3O. The van der Waals surface area contributed by atoms with Gasteiger partial charge in [-0.2, -0.15) is 0 Å². The van der Waals surface area contributed by atoms with Gasteiger partial charge in [0.1, 0.15) is 0 Å². The molecule has 4 nitrogen and oxygen atoms in total. The minimum atomic E-state index is -0.142. The largest absolute Gasteiger partial charge is 0.379 e. The number of carbonyl (C=O) groups is 1. The molecule has 0 spiro atoms. The summed E-state index contributed by atoms with van der Waals surface area (Å²) in [5, 5.41) is 6.40. The molecule has 0 aliphatic heterocycles. The van der Waals surface area contributed by atoms with E-state index in [1.807, 2.05) is 25.1 Å². The Hall–Kier alpha value is -2.36. The van der Waals surface area contributed by atoms with Gasteiger partial charge >= 0.3 is 0 Å². The van der Waals surface area contributed by atoms with E-state index in [0.717, 1.165) is 22.5 Å². The van der Waals surface area contributed by atoms with Gasteiger partial charge in [-0.25, -0.2) is 0 Å². The third-order valence-electron chi connectivity index (χ3n) is 3.69. The van der Waals surface area contributed by atoms with E-state index >= 15 is 0 Å². The van der Waals surface area contributed by atoms with Crippen molar-refractivity contribution in [2.75, 3.05) is 10.6 Å². The van der Waals surface area contributed by atoms with Crippen molar-refractivity contribution in [1.29, 1.82) is 0 Å². The molecule has 0 atom stereocenters. The number of hydrogen-bond donors (Lipinski definition) is 2. The van der Waals surface area contributed by atoms with Crippen molar-refractivity contribution in [1.82, 2.24) is 4.98 Å². The summed E-state index contributed by atoms with van der Waals surface area (Å²) < 4.78 is 0. The molecule has 0 saturated heterocycles. The Kier molecular flexibility index (Phi) is 5.27. The molecule has 0 aliphatic carbocycles. The van der Waals surface area contributed by atoms with Crippen molar-refractivity contribution in [2.45, 2.75) is 53.0 Å². The number of benzene rings is 1. The van der Waals surface area contributed by atoms with E-state index < -0.39 is 0 Å². The normalized spacial score (nSPS) is 11.5. The lowest BCUT2D eigenvalue weighted by Crippen LogP contribution is -2.26. The van der Waals surface area contributed by atoms with Crippen molar-refractivity contribution in [2.24, 2.45) is 0 Å². The highest BCUT2D eigenvalue weighted by Gasteiger charge is 2.15. The Balaban J connectivity index is 2.27. The van der Waals surface area contributed by atoms with Gasteiger partial charge in [0, 0.05) is 23.6 Å². The van der Waals surface area contributed by atoms with Crippen LogP contribution in [-0.2, 0) is 0 Å². The fourth-order valence-electron chi connectivity index (χ4n) is 2.59. The van der Waals surface area contributed by atoms with Crippen LogP contribution in [0.3, 0.4) is 0 Å². The zero-order valence-corrected chi connectivity index (χ0v) is 15.4. The van der Waals surface area contributed by atoms with Crippen LogP contribution in [0.4, 0.5) is 11.4 Å². The summed E-state index contributed by atoms with van der Waals surface area (Å²) in [6.07, 6.45) is 3.33. The molecule has 1 amide bonds. The van der Waals surface area contributed by atoms with E-state index in [2.05, 4.69) is 56.3 Å². The number of rotatable bonds is 4. The van der Waals surface area contributed by atoms with Crippen molar-refractivity contribution in [3.05, 3.63) is 53.3 Å². The first-order valence-corrected chi connectivity index (χ1v) is 8.31. The predicted molar refractivity (Wildman–Crippen MR) is 101 cm³/mol. The SMILES string of the molecule is Cc1cccc(C(C)C)c1NC(=O)c1cncc(NC(C)(C)C)c1. The number of hydrogen-bond acceptors (Lipinski definition) is 3. The standard InChI is InChI=1S/C20H27N3O/c1-13(2)17-9-7-8-14(3)18(17)22-19(24)15-10-16(12-21-11-15)23-20(4,5)6/h7-13,23H,1-6H3,(H,22,24). The van der Waals surface area contributed by atoms with E-state index in [4.69, 9.17) is 0 Å². The number of pyridine rings is 1. The monoisotopic (exact) mass is 325 g/mol. The summed E-state index contributed by atoms with van der Waals surface area (Å²) in [4.78, 5) is 16.9. The van der Waals surface area contributed by atoms with Gasteiger partial charge in [0.15, 0.2) is 0 Å². The van der Waals surface area contributed by atoms with Crippen LogP contribution in [0.25, 0.3) is 0 Å². The summed E-state index contributed by atoms with van der Waals surface area (Å²) in [6, 6.07) is 7.93. The molecule has 0 bridgehead atoms. The van der Waals surface area contributed by atoms with E-state index in [9.17, 15) is 4.79 Å². The first-order valence-electron chi connectivity index (χ1n) is 8.31. The highest BCUT2D eigenvalue weighted by atomic mass is 16.1. The fraction of sp³-hybridized carbons (Fsp3) is 0.400. The Labute approximate surface area is 144 Å². The second-order valence-corrected chi connectivity index (χ2v) is 7.49. The van der Waals surface area contributed by atoms with Gasteiger partial charge in [-0.1, -0.05) is 32.0 Å². The summed E-state index contributed by atoms with van der Waals surface area (Å²) in [5.41, 5.74) is 4.39. The molecule has 128 valence electrons. The highest BCUT2D eigenvalue weighted by molar-refractivity contribution is 6.05. The van der Waals surface area contributed by atoms with Crippen molar-refractivity contribution >= 4 is 17.3 Å². The van der Waals surface area contributed by atoms with Crippen molar-refractivity contribution in [3.8, 4) is 0 Å². The molecule has 24 heavy (non-hydrogen) atoms. The van der Waals surface area contributed by atoms with Crippen molar-refractivity contribution in [3.63, 3.8) is 0 Å². The van der Waals surface area contributed by atoms with Crippen LogP contribution in [0, 0.1) is 6.92 Å². The maximum atomic E-state index is 12.7. The maximum absolute atomic E-state index is 12.7. The topological polar surface area (TPSA) is 54.0 Å². The highest BCUT2D eigenvalue weighted by Crippen LogP contribution is 2.28. The maximum Gasteiger partial charge on any atom is 0.257 e. The Morgan fingerprint density at radius 3 is 2.50 bits per heavy atom. The Morgan fingerprint density at radius 2 is 1.88 bits per heavy atom. The van der Waals surface area contributed by atoms with Crippen LogP contribution in [0.15, 0.2) is 36.7 Å².